The van der Waals surface area contributed by atoms with Crippen LogP contribution in [0.5, 0.6) is 11.5 Å². The molecule has 0 saturated heterocycles. The second kappa shape index (κ2) is 3.84. The summed E-state index contributed by atoms with van der Waals surface area (Å²) in [6, 6.07) is 3.83. The zero-order chi connectivity index (χ0) is 10.8. The molecule has 1 aromatic carbocycles. The van der Waals surface area contributed by atoms with Gasteiger partial charge in [0, 0.05) is 5.56 Å². The molecule has 1 aliphatic rings. The maximum Gasteiger partial charge on any atom is 0.306 e. The molecule has 0 radical (unpaired) electrons. The molecule has 0 aromatic heterocycles. The van der Waals surface area contributed by atoms with E-state index in [9.17, 15) is 13.2 Å². The number of hydrogen-bond acceptors (Lipinski definition) is 2. The molecule has 5 heteroatoms. The van der Waals surface area contributed by atoms with Crippen LogP contribution in [0.4, 0.5) is 13.2 Å². The summed E-state index contributed by atoms with van der Waals surface area (Å²) in [5.41, 5.74) is -0.209. The number of benzene rings is 1. The molecular formula is C10H7F3O2. The first-order chi connectivity index (χ1) is 7.18. The summed E-state index contributed by atoms with van der Waals surface area (Å²) in [5, 5.41) is 0. The van der Waals surface area contributed by atoms with Gasteiger partial charge in [-0.3, -0.25) is 0 Å². The molecule has 1 aromatic rings. The van der Waals surface area contributed by atoms with Gasteiger partial charge in [0.05, 0.1) is 0 Å². The van der Waals surface area contributed by atoms with Crippen molar-refractivity contribution in [3.05, 3.63) is 29.8 Å². The van der Waals surface area contributed by atoms with Crippen molar-refractivity contribution < 1.29 is 22.6 Å². The van der Waals surface area contributed by atoms with Crippen molar-refractivity contribution >= 4 is 5.83 Å². The van der Waals surface area contributed by atoms with Gasteiger partial charge in [0.25, 0.3) is 0 Å². The van der Waals surface area contributed by atoms with Crippen molar-refractivity contribution in [3.8, 4) is 11.5 Å². The van der Waals surface area contributed by atoms with E-state index in [-0.39, 0.29) is 11.3 Å². The SMILES string of the molecule is FC(F)=C(F)c1ccc2c(c1)OCCO2. The lowest BCUT2D eigenvalue weighted by molar-refractivity contribution is 0.171. The largest absolute Gasteiger partial charge is 0.486 e. The van der Waals surface area contributed by atoms with Crippen LogP contribution in [0.25, 0.3) is 5.83 Å². The van der Waals surface area contributed by atoms with E-state index in [2.05, 4.69) is 0 Å². The molecule has 0 unspecified atom stereocenters. The molecule has 0 aliphatic carbocycles. The lowest BCUT2D eigenvalue weighted by Crippen LogP contribution is -2.15. The Bertz CT molecular complexity index is 411. The van der Waals surface area contributed by atoms with E-state index in [1.54, 1.807) is 0 Å². The minimum absolute atomic E-state index is 0.209. The van der Waals surface area contributed by atoms with Gasteiger partial charge >= 0.3 is 6.08 Å². The van der Waals surface area contributed by atoms with Crippen LogP contribution in [0.1, 0.15) is 5.56 Å². The van der Waals surface area contributed by atoms with Gasteiger partial charge in [0.15, 0.2) is 17.3 Å². The van der Waals surface area contributed by atoms with Crippen LogP contribution >= 0.6 is 0 Å². The molecule has 0 amide bonds. The van der Waals surface area contributed by atoms with E-state index in [1.165, 1.54) is 18.2 Å². The summed E-state index contributed by atoms with van der Waals surface area (Å²) in [5.74, 6) is -0.806. The van der Waals surface area contributed by atoms with Crippen LogP contribution in [0.3, 0.4) is 0 Å². The van der Waals surface area contributed by atoms with Crippen molar-refractivity contribution in [1.29, 1.82) is 0 Å². The quantitative estimate of drug-likeness (QED) is 0.718. The Morgan fingerprint density at radius 2 is 1.67 bits per heavy atom. The van der Waals surface area contributed by atoms with Gasteiger partial charge in [-0.05, 0) is 18.2 Å². The second-order valence-electron chi connectivity index (χ2n) is 2.93. The van der Waals surface area contributed by atoms with Gasteiger partial charge in [-0.15, -0.1) is 0 Å². The summed E-state index contributed by atoms with van der Waals surface area (Å²) >= 11 is 0. The number of ether oxygens (including phenoxy) is 2. The van der Waals surface area contributed by atoms with Crippen LogP contribution in [0.2, 0.25) is 0 Å². The maximum absolute atomic E-state index is 12.9. The van der Waals surface area contributed by atoms with Gasteiger partial charge in [-0.2, -0.15) is 8.78 Å². The Balaban J connectivity index is 2.40. The summed E-state index contributed by atoms with van der Waals surface area (Å²) in [6.45, 7) is 0.738. The molecule has 0 N–H and O–H groups in total. The topological polar surface area (TPSA) is 18.5 Å². The molecule has 0 spiro atoms. The summed E-state index contributed by atoms with van der Waals surface area (Å²) in [7, 11) is 0. The zero-order valence-corrected chi connectivity index (χ0v) is 7.60. The Morgan fingerprint density at radius 1 is 1.00 bits per heavy atom. The average Bonchev–Trinajstić information content (AvgIpc) is 2.27. The van der Waals surface area contributed by atoms with Crippen LogP contribution in [-0.4, -0.2) is 13.2 Å². The Labute approximate surface area is 83.9 Å². The van der Waals surface area contributed by atoms with E-state index in [0.717, 1.165) is 0 Å². The Morgan fingerprint density at radius 3 is 2.33 bits per heavy atom. The van der Waals surface area contributed by atoms with Crippen molar-refractivity contribution in [2.45, 2.75) is 0 Å². The molecule has 0 atom stereocenters. The number of halogens is 3. The molecule has 0 bridgehead atoms. The lowest BCUT2D eigenvalue weighted by Gasteiger charge is -2.18. The molecule has 2 nitrogen and oxygen atoms in total. The van der Waals surface area contributed by atoms with Crippen LogP contribution < -0.4 is 9.47 Å². The minimum Gasteiger partial charge on any atom is -0.486 e. The minimum atomic E-state index is -2.34. The molecule has 1 aliphatic heterocycles. The molecule has 0 saturated carbocycles. The monoisotopic (exact) mass is 216 g/mol. The molecule has 80 valence electrons. The fourth-order valence-corrected chi connectivity index (χ4v) is 1.29. The molecular weight excluding hydrogens is 209 g/mol. The predicted molar refractivity (Wildman–Crippen MR) is 47.7 cm³/mol. The second-order valence-corrected chi connectivity index (χ2v) is 2.93. The number of hydrogen-bond donors (Lipinski definition) is 0. The van der Waals surface area contributed by atoms with E-state index < -0.39 is 11.9 Å². The highest BCUT2D eigenvalue weighted by Crippen LogP contribution is 2.34. The van der Waals surface area contributed by atoms with Crippen molar-refractivity contribution in [3.63, 3.8) is 0 Å². The zero-order valence-electron chi connectivity index (χ0n) is 7.60. The van der Waals surface area contributed by atoms with Gasteiger partial charge in [0.1, 0.15) is 13.2 Å². The molecule has 15 heavy (non-hydrogen) atoms. The van der Waals surface area contributed by atoms with E-state index in [4.69, 9.17) is 9.47 Å². The van der Waals surface area contributed by atoms with E-state index >= 15 is 0 Å². The third kappa shape index (κ3) is 1.91. The highest BCUT2D eigenvalue weighted by molar-refractivity contribution is 5.63. The van der Waals surface area contributed by atoms with Crippen molar-refractivity contribution in [2.24, 2.45) is 0 Å². The fourth-order valence-electron chi connectivity index (χ4n) is 1.29. The first-order valence-corrected chi connectivity index (χ1v) is 4.29. The van der Waals surface area contributed by atoms with Gasteiger partial charge in [-0.25, -0.2) is 4.39 Å². The highest BCUT2D eigenvalue weighted by atomic mass is 19.3. The third-order valence-corrected chi connectivity index (χ3v) is 1.96. The van der Waals surface area contributed by atoms with Gasteiger partial charge in [0.2, 0.25) is 0 Å². The summed E-state index contributed by atoms with van der Waals surface area (Å²) in [4.78, 5) is 0. The summed E-state index contributed by atoms with van der Waals surface area (Å²) in [6.07, 6.45) is -2.34. The lowest BCUT2D eigenvalue weighted by atomic mass is 10.2. The van der Waals surface area contributed by atoms with E-state index in [0.29, 0.717) is 19.0 Å². The van der Waals surface area contributed by atoms with Crippen molar-refractivity contribution in [1.82, 2.24) is 0 Å². The number of rotatable bonds is 1. The third-order valence-electron chi connectivity index (χ3n) is 1.96. The highest BCUT2D eigenvalue weighted by Gasteiger charge is 2.15. The molecule has 2 rings (SSSR count). The van der Waals surface area contributed by atoms with Crippen LogP contribution in [0.15, 0.2) is 24.3 Å². The average molecular weight is 216 g/mol. The maximum atomic E-state index is 12.9. The first-order valence-electron chi connectivity index (χ1n) is 4.29. The first kappa shape index (κ1) is 9.89. The van der Waals surface area contributed by atoms with E-state index in [1.807, 2.05) is 0 Å². The smallest absolute Gasteiger partial charge is 0.306 e. The van der Waals surface area contributed by atoms with Gasteiger partial charge < -0.3 is 9.47 Å². The number of fused-ring (bicyclic) bond motifs is 1. The fraction of sp³-hybridized carbons (Fsp3) is 0.200. The predicted octanol–water partition coefficient (Wildman–Crippen LogP) is 2.99. The van der Waals surface area contributed by atoms with Crippen LogP contribution in [-0.2, 0) is 0 Å². The van der Waals surface area contributed by atoms with Gasteiger partial charge in [-0.1, -0.05) is 0 Å². The van der Waals surface area contributed by atoms with Crippen LogP contribution in [0, 0.1) is 0 Å². The Kier molecular flexibility index (Phi) is 2.53. The molecule has 0 fully saturated rings. The molecule has 1 heterocycles. The Hall–Kier alpha value is -1.65. The van der Waals surface area contributed by atoms with Crippen molar-refractivity contribution in [2.75, 3.05) is 13.2 Å². The standard InChI is InChI=1S/C10H7F3O2/c11-9(10(12)13)6-1-2-7-8(5-6)15-4-3-14-7/h1-2,5H,3-4H2. The summed E-state index contributed by atoms with van der Waals surface area (Å²) < 4.78 is 47.1. The normalized spacial score (nSPS) is 13.5.